The zero-order valence-corrected chi connectivity index (χ0v) is 38.6. The number of anilines is 3. The number of imidazole rings is 1. The molecule has 2 unspecified atom stereocenters. The van der Waals surface area contributed by atoms with Crippen LogP contribution in [0.1, 0.15) is 74.8 Å². The van der Waals surface area contributed by atoms with E-state index < -0.39 is 52.9 Å². The number of nitrogen functional groups attached to an aromatic ring is 2. The van der Waals surface area contributed by atoms with E-state index in [4.69, 9.17) is 25.9 Å². The van der Waals surface area contributed by atoms with Gasteiger partial charge < -0.3 is 46.4 Å². The first-order valence-electron chi connectivity index (χ1n) is 21.3. The van der Waals surface area contributed by atoms with Crippen molar-refractivity contribution in [2.75, 3.05) is 34.9 Å². The Morgan fingerprint density at radius 2 is 1.72 bits per heavy atom. The molecule has 0 fully saturated rings. The maximum atomic E-state index is 12.9. The highest BCUT2D eigenvalue weighted by molar-refractivity contribution is 8.76. The van der Waals surface area contributed by atoms with Gasteiger partial charge in [-0.15, -0.1) is 0 Å². The van der Waals surface area contributed by atoms with Crippen molar-refractivity contribution < 1.29 is 43.7 Å². The zero-order valence-electron chi connectivity index (χ0n) is 36.9. The van der Waals surface area contributed by atoms with E-state index in [1.165, 1.54) is 39.9 Å². The van der Waals surface area contributed by atoms with Crippen LogP contribution in [0.4, 0.5) is 22.2 Å². The number of Topliss-reactive ketones (excluding diaryl/α,β-unsaturated/α-hetero) is 1. The standard InChI is InChI=1S/C44H51N11O10S2/c1-4-5-10-32-52-33-35(29-8-6-7-9-30(29)50-36(33)45)55(32)23-44(2,3)65-43(63)64-17-18-66-67-22-25(40(59)60)19-28(56)15-16-31(41(61)62)51-38(57)24-11-13-26(14-12-24)47-20-27-21-48-37-34(49-27)39(58)54-42(46)53-37/h6-9,11-14,21,25,31,47H,4-5,10,15-20,22-23H2,1-3H3,(H2,45,50)(H,51,57)(H,59,60)(H,61,62)(H3,46,48,53,54,58). The number of hydrogen-bond acceptors (Lipinski definition) is 18. The summed E-state index contributed by atoms with van der Waals surface area (Å²) in [6, 6.07) is 12.4. The first-order valence-corrected chi connectivity index (χ1v) is 23.8. The van der Waals surface area contributed by atoms with Crippen LogP contribution in [0.2, 0.25) is 0 Å². The second-order valence-electron chi connectivity index (χ2n) is 16.1. The predicted molar refractivity (Wildman–Crippen MR) is 254 cm³/mol. The molecule has 67 heavy (non-hydrogen) atoms. The molecule has 4 aromatic heterocycles. The lowest BCUT2D eigenvalue weighted by atomic mass is 10.00. The molecule has 0 bridgehead atoms. The van der Waals surface area contributed by atoms with Gasteiger partial charge in [-0.05, 0) is 57.0 Å². The molecule has 9 N–H and O–H groups in total. The fourth-order valence-corrected chi connectivity index (χ4v) is 9.13. The maximum Gasteiger partial charge on any atom is 0.508 e. The highest BCUT2D eigenvalue weighted by Crippen LogP contribution is 2.31. The van der Waals surface area contributed by atoms with Gasteiger partial charge in [0.1, 0.15) is 35.4 Å². The number of pyridine rings is 1. The van der Waals surface area contributed by atoms with Crippen molar-refractivity contribution >= 4 is 102 Å². The summed E-state index contributed by atoms with van der Waals surface area (Å²) >= 11 is 0. The zero-order chi connectivity index (χ0) is 48.3. The fraction of sp³-hybridized carbons (Fsp3) is 0.386. The number of para-hydroxylation sites is 1. The molecule has 0 spiro atoms. The van der Waals surface area contributed by atoms with E-state index in [-0.39, 0.29) is 67.4 Å². The summed E-state index contributed by atoms with van der Waals surface area (Å²) in [5, 5.41) is 26.0. The molecule has 23 heteroatoms. The molecule has 0 saturated carbocycles. The van der Waals surface area contributed by atoms with Crippen molar-refractivity contribution in [3.63, 3.8) is 0 Å². The molecule has 0 aliphatic carbocycles. The lowest BCUT2D eigenvalue weighted by molar-refractivity contribution is -0.143. The van der Waals surface area contributed by atoms with E-state index in [1.54, 1.807) is 26.0 Å². The van der Waals surface area contributed by atoms with Crippen LogP contribution in [-0.4, -0.2) is 104 Å². The van der Waals surface area contributed by atoms with Crippen LogP contribution in [0.25, 0.3) is 33.1 Å². The van der Waals surface area contributed by atoms with E-state index in [0.29, 0.717) is 34.9 Å². The van der Waals surface area contributed by atoms with Crippen molar-refractivity contribution in [2.24, 2.45) is 5.92 Å². The molecule has 1 amide bonds. The number of rotatable bonds is 24. The predicted octanol–water partition coefficient (Wildman–Crippen LogP) is 5.37. The van der Waals surface area contributed by atoms with Gasteiger partial charge in [-0.1, -0.05) is 53.1 Å². The molecule has 2 aromatic carbocycles. The highest BCUT2D eigenvalue weighted by atomic mass is 33.1. The Hall–Kier alpha value is -7.01. The van der Waals surface area contributed by atoms with Gasteiger partial charge in [0.05, 0.1) is 41.9 Å². The molecule has 2 atom stereocenters. The fourth-order valence-electron chi connectivity index (χ4n) is 7.00. The number of carbonyl (C=O) groups excluding carboxylic acids is 3. The Morgan fingerprint density at radius 1 is 0.955 bits per heavy atom. The number of carboxylic acids is 2. The summed E-state index contributed by atoms with van der Waals surface area (Å²) in [7, 11) is 2.46. The molecule has 21 nitrogen and oxygen atoms in total. The van der Waals surface area contributed by atoms with Gasteiger partial charge in [-0.3, -0.25) is 24.2 Å². The molecular formula is C44H51N11O10S2. The molecular weight excluding hydrogens is 907 g/mol. The van der Waals surface area contributed by atoms with E-state index in [0.717, 1.165) is 35.1 Å². The minimum absolute atomic E-state index is 0.0178. The second-order valence-corrected chi connectivity index (χ2v) is 18.7. The number of aliphatic carboxylic acids is 2. The average Bonchev–Trinajstić information content (AvgIpc) is 3.64. The lowest BCUT2D eigenvalue weighted by Gasteiger charge is -2.26. The number of hydrogen-bond donors (Lipinski definition) is 7. The van der Waals surface area contributed by atoms with Gasteiger partial charge in [0, 0.05) is 47.4 Å². The highest BCUT2D eigenvalue weighted by Gasteiger charge is 2.29. The number of aromatic nitrogens is 7. The van der Waals surface area contributed by atoms with Crippen LogP contribution in [0, 0.1) is 5.92 Å². The molecule has 0 radical (unpaired) electrons. The number of carbonyl (C=O) groups is 5. The van der Waals surface area contributed by atoms with Crippen molar-refractivity contribution in [1.29, 1.82) is 0 Å². The van der Waals surface area contributed by atoms with Gasteiger partial charge in [-0.25, -0.2) is 29.5 Å². The van der Waals surface area contributed by atoms with E-state index in [1.807, 2.05) is 28.8 Å². The third-order valence-electron chi connectivity index (χ3n) is 10.3. The lowest BCUT2D eigenvalue weighted by Crippen LogP contribution is -2.41. The Balaban J connectivity index is 0.907. The van der Waals surface area contributed by atoms with Crippen LogP contribution >= 0.6 is 21.6 Å². The number of amides is 1. The molecule has 0 aliphatic heterocycles. The second kappa shape index (κ2) is 22.5. The number of aryl methyl sites for hydroxylation is 1. The first-order chi connectivity index (χ1) is 32.0. The van der Waals surface area contributed by atoms with Crippen molar-refractivity contribution in [3.8, 4) is 0 Å². The molecule has 354 valence electrons. The van der Waals surface area contributed by atoms with Crippen LogP contribution < -0.4 is 27.7 Å². The number of ketones is 1. The van der Waals surface area contributed by atoms with Gasteiger partial charge in [0.15, 0.2) is 17.0 Å². The Kier molecular flexibility index (Phi) is 16.6. The number of aromatic amines is 1. The molecule has 0 saturated heterocycles. The monoisotopic (exact) mass is 957 g/mol. The minimum Gasteiger partial charge on any atom is -0.481 e. The summed E-state index contributed by atoms with van der Waals surface area (Å²) in [4.78, 5) is 98.8. The number of benzene rings is 2. The van der Waals surface area contributed by atoms with Crippen LogP contribution in [0.15, 0.2) is 59.5 Å². The third-order valence-corrected chi connectivity index (χ3v) is 12.8. The number of fused-ring (bicyclic) bond motifs is 4. The van der Waals surface area contributed by atoms with Crippen molar-refractivity contribution in [3.05, 3.63) is 82.2 Å². The summed E-state index contributed by atoms with van der Waals surface area (Å²) in [5.74, 6) is -3.34. The van der Waals surface area contributed by atoms with Gasteiger partial charge in [0.25, 0.3) is 11.5 Å². The summed E-state index contributed by atoms with van der Waals surface area (Å²) in [6.07, 6.45) is 2.26. The number of nitrogens with two attached hydrogens (primary N) is 2. The van der Waals surface area contributed by atoms with Crippen LogP contribution in [-0.2, 0) is 43.4 Å². The summed E-state index contributed by atoms with van der Waals surface area (Å²) in [5.41, 5.74) is 13.8. The van der Waals surface area contributed by atoms with E-state index in [2.05, 4.69) is 42.5 Å². The first kappa shape index (κ1) is 49.4. The van der Waals surface area contributed by atoms with Crippen molar-refractivity contribution in [1.82, 2.24) is 39.8 Å². The largest absolute Gasteiger partial charge is 0.508 e. The molecule has 6 rings (SSSR count). The summed E-state index contributed by atoms with van der Waals surface area (Å²) in [6.45, 7) is 6.09. The SMILES string of the molecule is CCCCc1nc2c(N)nc3ccccc3c2n1CC(C)(C)OC(=O)OCCSSCC(CC(=O)CCC(NC(=O)c1ccc(NCc2cnc3nc(N)[nH]c(=O)c3n2)cc1)C(=O)O)C(=O)O. The van der Waals surface area contributed by atoms with Gasteiger partial charge >= 0.3 is 18.1 Å². The number of carboxylic acid groups (broad SMARTS) is 2. The van der Waals surface area contributed by atoms with Gasteiger partial charge in [-0.2, -0.15) is 4.98 Å². The quantitative estimate of drug-likeness (QED) is 0.0228. The number of H-pyrrole nitrogens is 1. The summed E-state index contributed by atoms with van der Waals surface area (Å²) < 4.78 is 13.1. The maximum absolute atomic E-state index is 12.9. The molecule has 4 heterocycles. The Labute approximate surface area is 391 Å². The topological polar surface area (TPSA) is 323 Å². The number of nitrogens with zero attached hydrogens (tertiary/aromatic N) is 6. The molecule has 6 aromatic rings. The Morgan fingerprint density at radius 3 is 2.45 bits per heavy atom. The van der Waals surface area contributed by atoms with Crippen LogP contribution in [0.5, 0.6) is 0 Å². The number of ether oxygens (including phenoxy) is 2. The number of unbranched alkanes of at least 4 members (excludes halogenated alkanes) is 1. The van der Waals surface area contributed by atoms with Crippen molar-refractivity contribution in [2.45, 2.75) is 84.0 Å². The van der Waals surface area contributed by atoms with E-state index >= 15 is 0 Å². The normalized spacial score (nSPS) is 12.5. The van der Waals surface area contributed by atoms with Gasteiger partial charge in [0.2, 0.25) is 5.95 Å². The Bertz CT molecular complexity index is 2840. The van der Waals surface area contributed by atoms with Crippen LogP contribution in [0.3, 0.4) is 0 Å². The smallest absolute Gasteiger partial charge is 0.481 e. The average molecular weight is 958 g/mol. The van der Waals surface area contributed by atoms with E-state index in [9.17, 15) is 39.0 Å². The number of nitrogens with one attached hydrogen (secondary N) is 3. The molecule has 0 aliphatic rings. The third kappa shape index (κ3) is 13.3. The minimum atomic E-state index is -1.41.